The van der Waals surface area contributed by atoms with Crippen LogP contribution in [0.5, 0.6) is 0 Å². The van der Waals surface area contributed by atoms with Gasteiger partial charge in [-0.3, -0.25) is 0 Å². The SMILES string of the molecule is CC(C)Cc1cccc(C(N)c2cc(Cl)ccc2Br)c1. The predicted molar refractivity (Wildman–Crippen MR) is 90.2 cm³/mol. The van der Waals surface area contributed by atoms with Gasteiger partial charge in [0.1, 0.15) is 0 Å². The standard InChI is InChI=1S/C17H19BrClN/c1-11(2)8-12-4-3-5-13(9-12)17(20)15-10-14(19)6-7-16(15)18/h3-7,9-11,17H,8,20H2,1-2H3. The number of nitrogens with two attached hydrogens (primary N) is 1. The molecular weight excluding hydrogens is 334 g/mol. The topological polar surface area (TPSA) is 26.0 Å². The van der Waals surface area contributed by atoms with Gasteiger partial charge in [-0.15, -0.1) is 0 Å². The zero-order chi connectivity index (χ0) is 14.7. The minimum Gasteiger partial charge on any atom is -0.320 e. The number of hydrogen-bond donors (Lipinski definition) is 1. The fourth-order valence-electron chi connectivity index (χ4n) is 2.32. The van der Waals surface area contributed by atoms with E-state index in [2.05, 4.69) is 54.0 Å². The zero-order valence-corrected chi connectivity index (χ0v) is 14.1. The summed E-state index contributed by atoms with van der Waals surface area (Å²) in [5.74, 6) is 0.638. The molecule has 0 heterocycles. The molecule has 0 aliphatic rings. The van der Waals surface area contributed by atoms with Crippen molar-refractivity contribution in [2.24, 2.45) is 11.7 Å². The Morgan fingerprint density at radius 3 is 2.60 bits per heavy atom. The lowest BCUT2D eigenvalue weighted by molar-refractivity contribution is 0.646. The maximum Gasteiger partial charge on any atom is 0.0563 e. The second-order valence-corrected chi connectivity index (χ2v) is 6.78. The highest BCUT2D eigenvalue weighted by atomic mass is 79.9. The van der Waals surface area contributed by atoms with Gasteiger partial charge < -0.3 is 5.73 Å². The largest absolute Gasteiger partial charge is 0.320 e. The molecule has 1 nitrogen and oxygen atoms in total. The first-order chi connectivity index (χ1) is 9.47. The minimum atomic E-state index is -0.171. The molecule has 1 atom stereocenters. The first-order valence-corrected chi connectivity index (χ1v) is 7.94. The lowest BCUT2D eigenvalue weighted by atomic mass is 9.95. The Balaban J connectivity index is 2.33. The van der Waals surface area contributed by atoms with Gasteiger partial charge in [-0.25, -0.2) is 0 Å². The van der Waals surface area contributed by atoms with E-state index in [0.29, 0.717) is 10.9 Å². The molecule has 0 fully saturated rings. The third-order valence-corrected chi connectivity index (χ3v) is 4.20. The van der Waals surface area contributed by atoms with Crippen molar-refractivity contribution in [3.05, 3.63) is 68.7 Å². The van der Waals surface area contributed by atoms with Crippen molar-refractivity contribution >= 4 is 27.5 Å². The molecule has 2 aromatic carbocycles. The van der Waals surface area contributed by atoms with E-state index in [0.717, 1.165) is 22.0 Å². The van der Waals surface area contributed by atoms with Gasteiger partial charge in [-0.05, 0) is 47.2 Å². The Kier molecular flexibility index (Phi) is 5.25. The summed E-state index contributed by atoms with van der Waals surface area (Å²) >= 11 is 9.62. The molecule has 106 valence electrons. The average Bonchev–Trinajstić information content (AvgIpc) is 2.40. The predicted octanol–water partition coefficient (Wildman–Crippen LogP) is 5.35. The molecule has 3 heteroatoms. The van der Waals surface area contributed by atoms with Gasteiger partial charge in [-0.1, -0.05) is 65.6 Å². The lowest BCUT2D eigenvalue weighted by Gasteiger charge is -2.16. The maximum absolute atomic E-state index is 6.40. The molecule has 0 bridgehead atoms. The average molecular weight is 353 g/mol. The van der Waals surface area contributed by atoms with Gasteiger partial charge in [0.25, 0.3) is 0 Å². The molecule has 1 unspecified atom stereocenters. The molecule has 0 amide bonds. The molecule has 2 N–H and O–H groups in total. The quantitative estimate of drug-likeness (QED) is 0.788. The Hall–Kier alpha value is -0.830. The van der Waals surface area contributed by atoms with Crippen LogP contribution < -0.4 is 5.73 Å². The van der Waals surface area contributed by atoms with Crippen LogP contribution in [-0.2, 0) is 6.42 Å². The van der Waals surface area contributed by atoms with Crippen molar-refractivity contribution in [3.8, 4) is 0 Å². The molecule has 0 saturated heterocycles. The molecule has 2 rings (SSSR count). The minimum absolute atomic E-state index is 0.171. The molecule has 0 spiro atoms. The smallest absolute Gasteiger partial charge is 0.0563 e. The highest BCUT2D eigenvalue weighted by Crippen LogP contribution is 2.30. The van der Waals surface area contributed by atoms with E-state index >= 15 is 0 Å². The van der Waals surface area contributed by atoms with Crippen LogP contribution in [0.4, 0.5) is 0 Å². The van der Waals surface area contributed by atoms with E-state index < -0.39 is 0 Å². The third kappa shape index (κ3) is 3.85. The van der Waals surface area contributed by atoms with Crippen LogP contribution in [0, 0.1) is 5.92 Å². The summed E-state index contributed by atoms with van der Waals surface area (Å²) in [5, 5.41) is 0.706. The van der Waals surface area contributed by atoms with Crippen molar-refractivity contribution < 1.29 is 0 Å². The van der Waals surface area contributed by atoms with Gasteiger partial charge in [0, 0.05) is 9.50 Å². The molecule has 2 aromatic rings. The number of rotatable bonds is 4. The third-order valence-electron chi connectivity index (χ3n) is 3.25. The summed E-state index contributed by atoms with van der Waals surface area (Å²) in [6, 6.07) is 14.0. The molecule has 0 aromatic heterocycles. The second kappa shape index (κ2) is 6.75. The molecule has 0 saturated carbocycles. The van der Waals surface area contributed by atoms with E-state index in [1.54, 1.807) is 0 Å². The first-order valence-electron chi connectivity index (χ1n) is 6.76. The Bertz CT molecular complexity index is 595. The van der Waals surface area contributed by atoms with Crippen LogP contribution >= 0.6 is 27.5 Å². The van der Waals surface area contributed by atoms with E-state index in [1.165, 1.54) is 5.56 Å². The van der Waals surface area contributed by atoms with Crippen LogP contribution in [0.3, 0.4) is 0 Å². The van der Waals surface area contributed by atoms with Crippen LogP contribution in [0.25, 0.3) is 0 Å². The van der Waals surface area contributed by atoms with Crippen molar-refractivity contribution in [2.75, 3.05) is 0 Å². The molecule has 0 aliphatic heterocycles. The Morgan fingerprint density at radius 2 is 1.90 bits per heavy atom. The molecule has 20 heavy (non-hydrogen) atoms. The van der Waals surface area contributed by atoms with Crippen LogP contribution in [0.15, 0.2) is 46.9 Å². The fourth-order valence-corrected chi connectivity index (χ4v) is 2.99. The zero-order valence-electron chi connectivity index (χ0n) is 11.7. The molecular formula is C17H19BrClN. The van der Waals surface area contributed by atoms with Crippen molar-refractivity contribution in [3.63, 3.8) is 0 Å². The van der Waals surface area contributed by atoms with Crippen LogP contribution in [0.2, 0.25) is 5.02 Å². The molecule has 0 aliphatic carbocycles. The summed E-state index contributed by atoms with van der Waals surface area (Å²) in [7, 11) is 0. The fraction of sp³-hybridized carbons (Fsp3) is 0.294. The lowest BCUT2D eigenvalue weighted by Crippen LogP contribution is -2.13. The van der Waals surface area contributed by atoms with Crippen molar-refractivity contribution in [2.45, 2.75) is 26.3 Å². The van der Waals surface area contributed by atoms with E-state index in [4.69, 9.17) is 17.3 Å². The van der Waals surface area contributed by atoms with Gasteiger partial charge in [0.05, 0.1) is 6.04 Å². The van der Waals surface area contributed by atoms with Crippen LogP contribution in [0.1, 0.15) is 36.6 Å². The summed E-state index contributed by atoms with van der Waals surface area (Å²) in [6.45, 7) is 4.44. The monoisotopic (exact) mass is 351 g/mol. The molecule has 0 radical (unpaired) electrons. The van der Waals surface area contributed by atoms with E-state index in [-0.39, 0.29) is 6.04 Å². The number of hydrogen-bond acceptors (Lipinski definition) is 1. The van der Waals surface area contributed by atoms with Gasteiger partial charge in [-0.2, -0.15) is 0 Å². The van der Waals surface area contributed by atoms with E-state index in [9.17, 15) is 0 Å². The highest BCUT2D eigenvalue weighted by molar-refractivity contribution is 9.10. The first kappa shape index (κ1) is 15.6. The van der Waals surface area contributed by atoms with Crippen molar-refractivity contribution in [1.82, 2.24) is 0 Å². The normalized spacial score (nSPS) is 12.7. The van der Waals surface area contributed by atoms with Gasteiger partial charge in [0.2, 0.25) is 0 Å². The summed E-state index contributed by atoms with van der Waals surface area (Å²) in [4.78, 5) is 0. The summed E-state index contributed by atoms with van der Waals surface area (Å²) < 4.78 is 0.990. The summed E-state index contributed by atoms with van der Waals surface area (Å²) in [6.07, 6.45) is 1.07. The summed E-state index contributed by atoms with van der Waals surface area (Å²) in [5.41, 5.74) is 9.85. The number of halogens is 2. The van der Waals surface area contributed by atoms with Crippen molar-refractivity contribution in [1.29, 1.82) is 0 Å². The highest BCUT2D eigenvalue weighted by Gasteiger charge is 2.13. The maximum atomic E-state index is 6.40. The van der Waals surface area contributed by atoms with Gasteiger partial charge in [0.15, 0.2) is 0 Å². The van der Waals surface area contributed by atoms with Gasteiger partial charge >= 0.3 is 0 Å². The number of benzene rings is 2. The Morgan fingerprint density at radius 1 is 1.15 bits per heavy atom. The van der Waals surface area contributed by atoms with Crippen LogP contribution in [-0.4, -0.2) is 0 Å². The Labute approximate surface area is 134 Å². The second-order valence-electron chi connectivity index (χ2n) is 5.49. The van der Waals surface area contributed by atoms with E-state index in [1.807, 2.05) is 18.2 Å².